The average molecular weight is 272 g/mol. The highest BCUT2D eigenvalue weighted by Gasteiger charge is 2.07. The predicted octanol–water partition coefficient (Wildman–Crippen LogP) is 5.23. The van der Waals surface area contributed by atoms with Crippen molar-refractivity contribution in [3.8, 4) is 0 Å². The Bertz CT molecular complexity index is 468. The van der Waals surface area contributed by atoms with E-state index in [9.17, 15) is 0 Å². The smallest absolute Gasteiger partial charge is 0.0652 e. The summed E-state index contributed by atoms with van der Waals surface area (Å²) in [5.41, 5.74) is 2.17. The van der Waals surface area contributed by atoms with E-state index in [0.29, 0.717) is 10.0 Å². The fourth-order valence-electron chi connectivity index (χ4n) is 1.44. The van der Waals surface area contributed by atoms with Crippen LogP contribution >= 0.6 is 34.5 Å². The Morgan fingerprint density at radius 1 is 1.25 bits per heavy atom. The first-order chi connectivity index (χ1) is 7.66. The highest BCUT2D eigenvalue weighted by Crippen LogP contribution is 2.29. The summed E-state index contributed by atoms with van der Waals surface area (Å²) < 4.78 is 0. The Morgan fingerprint density at radius 3 is 2.69 bits per heavy atom. The lowest BCUT2D eigenvalue weighted by Crippen LogP contribution is -2.05. The lowest BCUT2D eigenvalue weighted by Gasteiger charge is -2.15. The molecule has 1 heterocycles. The molecule has 0 aliphatic carbocycles. The molecule has 1 aromatic heterocycles. The second kappa shape index (κ2) is 5.09. The molecular formula is C12H11Cl2NS. The molecular weight excluding hydrogens is 261 g/mol. The van der Waals surface area contributed by atoms with Crippen molar-refractivity contribution >= 4 is 40.2 Å². The molecule has 0 radical (unpaired) electrons. The van der Waals surface area contributed by atoms with Gasteiger partial charge in [-0.05, 0) is 47.5 Å². The van der Waals surface area contributed by atoms with Gasteiger partial charge >= 0.3 is 0 Å². The van der Waals surface area contributed by atoms with Crippen molar-refractivity contribution in [3.05, 3.63) is 50.6 Å². The van der Waals surface area contributed by atoms with Crippen molar-refractivity contribution < 1.29 is 0 Å². The van der Waals surface area contributed by atoms with Crippen LogP contribution in [0.1, 0.15) is 18.5 Å². The SMILES string of the molecule is CC(Nc1ccc(Cl)cc1Cl)c1ccsc1. The van der Waals surface area contributed by atoms with Crippen LogP contribution in [0.3, 0.4) is 0 Å². The number of halogens is 2. The van der Waals surface area contributed by atoms with Crippen molar-refractivity contribution in [2.75, 3.05) is 5.32 Å². The fraction of sp³-hybridized carbons (Fsp3) is 0.167. The number of hydrogen-bond acceptors (Lipinski definition) is 2. The molecule has 84 valence electrons. The minimum atomic E-state index is 0.241. The number of benzene rings is 1. The van der Waals surface area contributed by atoms with Crippen LogP contribution in [0.25, 0.3) is 0 Å². The molecule has 0 amide bonds. The number of anilines is 1. The van der Waals surface area contributed by atoms with Crippen LogP contribution in [-0.2, 0) is 0 Å². The van der Waals surface area contributed by atoms with Gasteiger partial charge in [0.2, 0.25) is 0 Å². The molecule has 0 aliphatic heterocycles. The van der Waals surface area contributed by atoms with Gasteiger partial charge in [-0.15, -0.1) is 0 Å². The van der Waals surface area contributed by atoms with Gasteiger partial charge in [0.15, 0.2) is 0 Å². The lowest BCUT2D eigenvalue weighted by atomic mass is 10.1. The third-order valence-corrected chi connectivity index (χ3v) is 3.60. The Morgan fingerprint density at radius 2 is 2.06 bits per heavy atom. The van der Waals surface area contributed by atoms with Crippen LogP contribution < -0.4 is 5.32 Å². The summed E-state index contributed by atoms with van der Waals surface area (Å²) in [5, 5.41) is 8.85. The second-order valence-corrected chi connectivity index (χ2v) is 5.17. The van der Waals surface area contributed by atoms with Crippen LogP contribution in [0.15, 0.2) is 35.0 Å². The van der Waals surface area contributed by atoms with Gasteiger partial charge in [-0.3, -0.25) is 0 Å². The first-order valence-corrected chi connectivity index (χ1v) is 6.60. The van der Waals surface area contributed by atoms with E-state index < -0.39 is 0 Å². The molecule has 1 nitrogen and oxygen atoms in total. The summed E-state index contributed by atoms with van der Waals surface area (Å²) in [4.78, 5) is 0. The fourth-order valence-corrected chi connectivity index (χ4v) is 2.66. The zero-order valence-electron chi connectivity index (χ0n) is 8.71. The zero-order valence-corrected chi connectivity index (χ0v) is 11.0. The maximum Gasteiger partial charge on any atom is 0.0652 e. The minimum absolute atomic E-state index is 0.241. The number of rotatable bonds is 3. The molecule has 0 aliphatic rings. The Hall–Kier alpha value is -0.700. The summed E-state index contributed by atoms with van der Waals surface area (Å²) >= 11 is 13.6. The molecule has 0 fully saturated rings. The Kier molecular flexibility index (Phi) is 3.74. The molecule has 1 unspecified atom stereocenters. The standard InChI is InChI=1S/C12H11Cl2NS/c1-8(9-4-5-16-7-9)15-12-3-2-10(13)6-11(12)14/h2-8,15H,1H3. The second-order valence-electron chi connectivity index (χ2n) is 3.55. The van der Waals surface area contributed by atoms with Crippen LogP contribution in [0.4, 0.5) is 5.69 Å². The van der Waals surface area contributed by atoms with E-state index in [-0.39, 0.29) is 6.04 Å². The number of hydrogen-bond donors (Lipinski definition) is 1. The summed E-state index contributed by atoms with van der Waals surface area (Å²) in [7, 11) is 0. The van der Waals surface area contributed by atoms with Gasteiger partial charge in [0, 0.05) is 11.1 Å². The van der Waals surface area contributed by atoms with Crippen molar-refractivity contribution in [2.24, 2.45) is 0 Å². The average Bonchev–Trinajstić information content (AvgIpc) is 2.75. The van der Waals surface area contributed by atoms with E-state index in [4.69, 9.17) is 23.2 Å². The van der Waals surface area contributed by atoms with Crippen molar-refractivity contribution in [2.45, 2.75) is 13.0 Å². The Balaban J connectivity index is 2.15. The lowest BCUT2D eigenvalue weighted by molar-refractivity contribution is 0.891. The third kappa shape index (κ3) is 2.70. The van der Waals surface area contributed by atoms with Crippen molar-refractivity contribution in [3.63, 3.8) is 0 Å². The molecule has 0 spiro atoms. The number of nitrogens with one attached hydrogen (secondary N) is 1. The monoisotopic (exact) mass is 271 g/mol. The van der Waals surface area contributed by atoms with Gasteiger partial charge in [0.1, 0.15) is 0 Å². The zero-order chi connectivity index (χ0) is 11.5. The van der Waals surface area contributed by atoms with Gasteiger partial charge < -0.3 is 5.32 Å². The van der Waals surface area contributed by atoms with Crippen LogP contribution in [0.2, 0.25) is 10.0 Å². The molecule has 2 aromatic rings. The van der Waals surface area contributed by atoms with Gasteiger partial charge in [-0.1, -0.05) is 23.2 Å². The molecule has 0 saturated carbocycles. The quantitative estimate of drug-likeness (QED) is 0.806. The van der Waals surface area contributed by atoms with E-state index >= 15 is 0 Å². The van der Waals surface area contributed by atoms with Gasteiger partial charge in [-0.2, -0.15) is 11.3 Å². The van der Waals surface area contributed by atoms with E-state index in [1.807, 2.05) is 12.1 Å². The topological polar surface area (TPSA) is 12.0 Å². The summed E-state index contributed by atoms with van der Waals surface area (Å²) in [6.07, 6.45) is 0. The molecule has 1 aromatic carbocycles. The highest BCUT2D eigenvalue weighted by molar-refractivity contribution is 7.08. The minimum Gasteiger partial charge on any atom is -0.377 e. The van der Waals surface area contributed by atoms with Crippen LogP contribution in [0, 0.1) is 0 Å². The first kappa shape index (κ1) is 11.8. The molecule has 16 heavy (non-hydrogen) atoms. The van der Waals surface area contributed by atoms with E-state index in [1.54, 1.807) is 17.4 Å². The highest BCUT2D eigenvalue weighted by atomic mass is 35.5. The van der Waals surface area contributed by atoms with Gasteiger partial charge in [-0.25, -0.2) is 0 Å². The van der Waals surface area contributed by atoms with Crippen molar-refractivity contribution in [1.82, 2.24) is 0 Å². The first-order valence-electron chi connectivity index (χ1n) is 4.90. The summed E-state index contributed by atoms with van der Waals surface area (Å²) in [5.74, 6) is 0. The van der Waals surface area contributed by atoms with E-state index in [2.05, 4.69) is 29.1 Å². The van der Waals surface area contributed by atoms with Crippen LogP contribution in [0.5, 0.6) is 0 Å². The third-order valence-electron chi connectivity index (χ3n) is 2.35. The molecule has 1 N–H and O–H groups in total. The molecule has 2 rings (SSSR count). The normalized spacial score (nSPS) is 12.4. The Labute approximate surface area is 109 Å². The molecule has 0 bridgehead atoms. The van der Waals surface area contributed by atoms with E-state index in [1.165, 1.54) is 5.56 Å². The summed E-state index contributed by atoms with van der Waals surface area (Å²) in [6.45, 7) is 2.10. The molecule has 1 atom stereocenters. The maximum atomic E-state index is 6.09. The summed E-state index contributed by atoms with van der Waals surface area (Å²) in [6, 6.07) is 7.81. The molecule has 0 saturated heterocycles. The number of thiophene rings is 1. The van der Waals surface area contributed by atoms with Crippen molar-refractivity contribution in [1.29, 1.82) is 0 Å². The van der Waals surface area contributed by atoms with E-state index in [0.717, 1.165) is 5.69 Å². The molecule has 4 heteroatoms. The maximum absolute atomic E-state index is 6.09. The largest absolute Gasteiger partial charge is 0.377 e. The van der Waals surface area contributed by atoms with Gasteiger partial charge in [0.05, 0.1) is 10.7 Å². The van der Waals surface area contributed by atoms with Crippen LogP contribution in [-0.4, -0.2) is 0 Å². The van der Waals surface area contributed by atoms with Gasteiger partial charge in [0.25, 0.3) is 0 Å². The predicted molar refractivity (Wildman–Crippen MR) is 72.8 cm³/mol.